The predicted molar refractivity (Wildman–Crippen MR) is 81.4 cm³/mol. The largest absolute Gasteiger partial charge is 0.343 e. The molecule has 2 unspecified atom stereocenters. The van der Waals surface area contributed by atoms with Crippen LogP contribution in [-0.4, -0.2) is 53.5 Å². The van der Waals surface area contributed by atoms with Gasteiger partial charge in [0.2, 0.25) is 11.8 Å². The van der Waals surface area contributed by atoms with E-state index in [1.807, 2.05) is 16.7 Å². The van der Waals surface area contributed by atoms with Gasteiger partial charge in [0.1, 0.15) is 6.04 Å². The van der Waals surface area contributed by atoms with E-state index in [4.69, 9.17) is 0 Å². The molecule has 0 aliphatic carbocycles. The molecule has 2 aliphatic heterocycles. The fourth-order valence-electron chi connectivity index (χ4n) is 2.79. The van der Waals surface area contributed by atoms with E-state index in [0.717, 1.165) is 25.1 Å². The van der Waals surface area contributed by atoms with E-state index in [0.29, 0.717) is 0 Å². The summed E-state index contributed by atoms with van der Waals surface area (Å²) in [4.78, 5) is 26.6. The molecule has 0 bridgehead atoms. The zero-order chi connectivity index (χ0) is 14.9. The van der Waals surface area contributed by atoms with Crippen LogP contribution in [0, 0.1) is 5.41 Å². The molecule has 0 aromatic carbocycles. The molecule has 2 N–H and O–H groups in total. The van der Waals surface area contributed by atoms with Gasteiger partial charge in [0, 0.05) is 6.54 Å². The van der Waals surface area contributed by atoms with Crippen molar-refractivity contribution in [2.45, 2.75) is 51.1 Å². The average Bonchev–Trinajstić information content (AvgIpc) is 2.63. The summed E-state index contributed by atoms with van der Waals surface area (Å²) in [5, 5.41) is 6.07. The van der Waals surface area contributed by atoms with Crippen LogP contribution in [0.25, 0.3) is 0 Å². The molecule has 2 heterocycles. The minimum absolute atomic E-state index is 0.0854. The van der Waals surface area contributed by atoms with Crippen LogP contribution in [0.5, 0.6) is 0 Å². The van der Waals surface area contributed by atoms with Crippen molar-refractivity contribution in [3.63, 3.8) is 0 Å². The van der Waals surface area contributed by atoms with Crippen LogP contribution in [0.2, 0.25) is 0 Å². The van der Waals surface area contributed by atoms with Crippen LogP contribution in [0.3, 0.4) is 0 Å². The monoisotopic (exact) mass is 299 g/mol. The van der Waals surface area contributed by atoms with E-state index in [-0.39, 0.29) is 34.7 Å². The maximum Gasteiger partial charge on any atom is 0.246 e. The molecule has 0 radical (unpaired) electrons. The predicted octanol–water partition coefficient (Wildman–Crippen LogP) is 0.801. The average molecular weight is 299 g/mol. The molecule has 2 saturated heterocycles. The number of carbonyl (C=O) groups excluding carboxylic acids is 2. The fraction of sp³-hybridized carbons (Fsp3) is 0.857. The Morgan fingerprint density at radius 3 is 2.85 bits per heavy atom. The van der Waals surface area contributed by atoms with Crippen molar-refractivity contribution in [3.8, 4) is 0 Å². The van der Waals surface area contributed by atoms with Crippen molar-refractivity contribution in [3.05, 3.63) is 0 Å². The van der Waals surface area contributed by atoms with E-state index in [9.17, 15) is 9.59 Å². The van der Waals surface area contributed by atoms with Gasteiger partial charge in [-0.15, -0.1) is 11.8 Å². The minimum Gasteiger partial charge on any atom is -0.343 e. The fourth-order valence-corrected chi connectivity index (χ4v) is 4.36. The van der Waals surface area contributed by atoms with E-state index >= 15 is 0 Å². The highest BCUT2D eigenvalue weighted by molar-refractivity contribution is 7.99. The number of nitrogens with zero attached hydrogens (tertiary/aromatic N) is 1. The van der Waals surface area contributed by atoms with Crippen molar-refractivity contribution >= 4 is 23.6 Å². The van der Waals surface area contributed by atoms with Gasteiger partial charge in [-0.1, -0.05) is 13.8 Å². The first-order valence-electron chi connectivity index (χ1n) is 7.24. The summed E-state index contributed by atoms with van der Waals surface area (Å²) in [5.74, 6) is 0.900. The Morgan fingerprint density at radius 1 is 1.50 bits per heavy atom. The topological polar surface area (TPSA) is 61.4 Å². The van der Waals surface area contributed by atoms with Crippen molar-refractivity contribution in [1.29, 1.82) is 0 Å². The van der Waals surface area contributed by atoms with Gasteiger partial charge in [-0.05, 0) is 38.0 Å². The standard InChI is InChI=1S/C14H25N3O2S/c1-9(15-4)12(18)16-10-5-6-20-11-7-14(2,3)8-17(11)13(10)19/h9-11,15H,5-8H2,1-4H3,(H,16,18)/t9-,10?,11?/m0/s1. The molecule has 2 rings (SSSR count). The van der Waals surface area contributed by atoms with Crippen LogP contribution < -0.4 is 10.6 Å². The second-order valence-corrected chi connectivity index (χ2v) is 7.81. The molecule has 0 aromatic rings. The number of rotatable bonds is 3. The van der Waals surface area contributed by atoms with Gasteiger partial charge in [-0.2, -0.15) is 0 Å². The molecule has 3 atom stereocenters. The molecule has 2 aliphatic rings. The number of nitrogens with one attached hydrogen (secondary N) is 2. The Bertz CT molecular complexity index is 400. The Kier molecular flexibility index (Phi) is 4.64. The van der Waals surface area contributed by atoms with Gasteiger partial charge in [-0.3, -0.25) is 9.59 Å². The highest BCUT2D eigenvalue weighted by Gasteiger charge is 2.44. The zero-order valence-electron chi connectivity index (χ0n) is 12.7. The quantitative estimate of drug-likeness (QED) is 0.809. The first-order chi connectivity index (χ1) is 9.34. The lowest BCUT2D eigenvalue weighted by Gasteiger charge is -2.26. The molecule has 0 saturated carbocycles. The molecule has 0 spiro atoms. The molecule has 2 amide bonds. The van der Waals surface area contributed by atoms with Crippen molar-refractivity contribution in [2.75, 3.05) is 19.3 Å². The summed E-state index contributed by atoms with van der Waals surface area (Å²) in [7, 11) is 1.74. The number of likely N-dealkylation sites (N-methyl/N-ethyl adjacent to an activating group) is 1. The maximum absolute atomic E-state index is 12.6. The molecular formula is C14H25N3O2S. The van der Waals surface area contributed by atoms with Gasteiger partial charge in [-0.25, -0.2) is 0 Å². The summed E-state index contributed by atoms with van der Waals surface area (Å²) in [6.45, 7) is 6.99. The third kappa shape index (κ3) is 3.28. The molecule has 5 nitrogen and oxygen atoms in total. The molecule has 2 fully saturated rings. The minimum atomic E-state index is -0.371. The van der Waals surface area contributed by atoms with E-state index < -0.39 is 0 Å². The van der Waals surface area contributed by atoms with Crippen LogP contribution in [0.4, 0.5) is 0 Å². The zero-order valence-corrected chi connectivity index (χ0v) is 13.5. The first kappa shape index (κ1) is 15.6. The third-order valence-electron chi connectivity index (χ3n) is 4.11. The summed E-state index contributed by atoms with van der Waals surface area (Å²) in [6, 6.07) is -0.644. The molecular weight excluding hydrogens is 274 g/mol. The van der Waals surface area contributed by atoms with Gasteiger partial charge in [0.25, 0.3) is 0 Å². The summed E-state index contributed by atoms with van der Waals surface area (Å²) in [5.41, 5.74) is 0.178. The summed E-state index contributed by atoms with van der Waals surface area (Å²) in [6.07, 6.45) is 1.76. The Labute approximate surface area is 125 Å². The van der Waals surface area contributed by atoms with Crippen molar-refractivity contribution in [2.24, 2.45) is 5.41 Å². The lowest BCUT2D eigenvalue weighted by molar-refractivity contribution is -0.136. The second-order valence-electron chi connectivity index (χ2n) is 6.52. The molecule has 20 heavy (non-hydrogen) atoms. The van der Waals surface area contributed by atoms with Crippen LogP contribution in [-0.2, 0) is 9.59 Å². The van der Waals surface area contributed by atoms with E-state index in [1.165, 1.54) is 0 Å². The van der Waals surface area contributed by atoms with Gasteiger partial charge < -0.3 is 15.5 Å². The Morgan fingerprint density at radius 2 is 2.20 bits per heavy atom. The lowest BCUT2D eigenvalue weighted by Crippen LogP contribution is -2.52. The summed E-state index contributed by atoms with van der Waals surface area (Å²) < 4.78 is 0. The first-order valence-corrected chi connectivity index (χ1v) is 8.29. The van der Waals surface area contributed by atoms with Crippen molar-refractivity contribution in [1.82, 2.24) is 15.5 Å². The normalized spacial score (nSPS) is 30.6. The van der Waals surface area contributed by atoms with Gasteiger partial charge in [0.05, 0.1) is 11.4 Å². The highest BCUT2D eigenvalue weighted by atomic mass is 32.2. The number of hydrogen-bond acceptors (Lipinski definition) is 4. The number of hydrogen-bond donors (Lipinski definition) is 2. The number of carbonyl (C=O) groups is 2. The van der Waals surface area contributed by atoms with Gasteiger partial charge in [0.15, 0.2) is 0 Å². The molecule has 114 valence electrons. The van der Waals surface area contributed by atoms with Crippen LogP contribution in [0.1, 0.15) is 33.6 Å². The molecule has 6 heteroatoms. The number of fused-ring (bicyclic) bond motifs is 1. The highest BCUT2D eigenvalue weighted by Crippen LogP contribution is 2.41. The second kappa shape index (κ2) is 5.93. The maximum atomic E-state index is 12.6. The Hall–Kier alpha value is -0.750. The Balaban J connectivity index is 2.05. The van der Waals surface area contributed by atoms with Crippen LogP contribution in [0.15, 0.2) is 0 Å². The van der Waals surface area contributed by atoms with Gasteiger partial charge >= 0.3 is 0 Å². The molecule has 0 aromatic heterocycles. The third-order valence-corrected chi connectivity index (χ3v) is 5.39. The van der Waals surface area contributed by atoms with Crippen molar-refractivity contribution < 1.29 is 9.59 Å². The summed E-state index contributed by atoms with van der Waals surface area (Å²) >= 11 is 1.84. The number of thioether (sulfide) groups is 1. The van der Waals surface area contributed by atoms with E-state index in [2.05, 4.69) is 24.5 Å². The van der Waals surface area contributed by atoms with E-state index in [1.54, 1.807) is 14.0 Å². The van der Waals surface area contributed by atoms with Crippen LogP contribution >= 0.6 is 11.8 Å². The number of amides is 2. The lowest BCUT2D eigenvalue weighted by atomic mass is 9.93. The smallest absolute Gasteiger partial charge is 0.246 e. The SMILES string of the molecule is CN[C@@H](C)C(=O)NC1CCSC2CC(C)(C)CN2C1=O.